The van der Waals surface area contributed by atoms with E-state index in [4.69, 9.17) is 11.6 Å². The molecule has 0 bridgehead atoms. The van der Waals surface area contributed by atoms with Gasteiger partial charge < -0.3 is 10.0 Å². The number of carbonyl (C=O) groups is 1. The van der Waals surface area contributed by atoms with Crippen molar-refractivity contribution >= 4 is 33.3 Å². The van der Waals surface area contributed by atoms with E-state index in [1.807, 2.05) is 0 Å². The predicted molar refractivity (Wildman–Crippen MR) is 79.1 cm³/mol. The lowest BCUT2D eigenvalue weighted by atomic mass is 10.1. The lowest BCUT2D eigenvalue weighted by Crippen LogP contribution is -2.46. The van der Waals surface area contributed by atoms with Crippen molar-refractivity contribution in [3.05, 3.63) is 27.2 Å². The number of phenols is 1. The number of aromatic hydroxyl groups is 1. The van der Waals surface area contributed by atoms with Crippen molar-refractivity contribution in [3.8, 4) is 5.75 Å². The average molecular weight is 348 g/mol. The normalized spacial score (nSPS) is 17.6. The molecule has 1 aromatic carbocycles. The third-order valence-electron chi connectivity index (χ3n) is 3.29. The summed E-state index contributed by atoms with van der Waals surface area (Å²) in [7, 11) is 2.07. The van der Waals surface area contributed by atoms with Gasteiger partial charge in [-0.2, -0.15) is 0 Å². The lowest BCUT2D eigenvalue weighted by Gasteiger charge is -2.31. The molecular weight excluding hydrogens is 332 g/mol. The molecule has 0 saturated carbocycles. The topological polar surface area (TPSA) is 43.8 Å². The first kappa shape index (κ1) is 14.8. The third kappa shape index (κ3) is 3.69. The number of rotatable bonds is 3. The first-order chi connectivity index (χ1) is 8.97. The van der Waals surface area contributed by atoms with Gasteiger partial charge in [0.15, 0.2) is 5.78 Å². The molecule has 0 amide bonds. The fourth-order valence-electron chi connectivity index (χ4n) is 2.07. The molecule has 2 rings (SSSR count). The number of hydrogen-bond acceptors (Lipinski definition) is 4. The molecule has 19 heavy (non-hydrogen) atoms. The molecule has 1 aromatic rings. The van der Waals surface area contributed by atoms with E-state index < -0.39 is 0 Å². The second-order valence-electron chi connectivity index (χ2n) is 4.79. The van der Waals surface area contributed by atoms with Crippen molar-refractivity contribution in [2.24, 2.45) is 0 Å². The highest BCUT2D eigenvalue weighted by Crippen LogP contribution is 2.31. The third-order valence-corrected chi connectivity index (χ3v) is 4.11. The predicted octanol–water partition coefficient (Wildman–Crippen LogP) is 2.24. The number of nitrogens with zero attached hydrogens (tertiary/aromatic N) is 2. The van der Waals surface area contributed by atoms with E-state index in [2.05, 4.69) is 32.8 Å². The molecule has 1 fully saturated rings. The van der Waals surface area contributed by atoms with Gasteiger partial charge in [0.25, 0.3) is 0 Å². The van der Waals surface area contributed by atoms with E-state index >= 15 is 0 Å². The fraction of sp³-hybridized carbons (Fsp3) is 0.462. The highest BCUT2D eigenvalue weighted by atomic mass is 79.9. The van der Waals surface area contributed by atoms with Crippen LogP contribution in [0.25, 0.3) is 0 Å². The fourth-order valence-corrected chi connectivity index (χ4v) is 2.88. The Morgan fingerprint density at radius 1 is 1.37 bits per heavy atom. The van der Waals surface area contributed by atoms with Crippen molar-refractivity contribution < 1.29 is 9.90 Å². The molecule has 0 aliphatic carbocycles. The van der Waals surface area contributed by atoms with Crippen molar-refractivity contribution in [1.29, 1.82) is 0 Å². The maximum atomic E-state index is 12.2. The molecule has 1 heterocycles. The summed E-state index contributed by atoms with van der Waals surface area (Å²) in [5.41, 5.74) is 0.276. The average Bonchev–Trinajstić information content (AvgIpc) is 2.36. The number of benzene rings is 1. The first-order valence-corrected chi connectivity index (χ1v) is 7.26. The van der Waals surface area contributed by atoms with Gasteiger partial charge in [-0.25, -0.2) is 0 Å². The number of carbonyl (C=O) groups excluding carboxylic acids is 1. The largest absolute Gasteiger partial charge is 0.506 e. The van der Waals surface area contributed by atoms with Crippen LogP contribution in [0, 0.1) is 0 Å². The zero-order chi connectivity index (χ0) is 14.0. The van der Waals surface area contributed by atoms with Crippen LogP contribution in [0.4, 0.5) is 0 Å². The second kappa shape index (κ2) is 6.22. The molecule has 1 saturated heterocycles. The SMILES string of the molecule is CN1CCN(CC(=O)c2cc(Cl)cc(Br)c2O)CC1. The van der Waals surface area contributed by atoms with Crippen molar-refractivity contribution in [2.45, 2.75) is 0 Å². The minimum Gasteiger partial charge on any atom is -0.506 e. The number of likely N-dealkylation sites (N-methyl/N-ethyl adjacent to an activating group) is 1. The number of Topliss-reactive ketones (excluding diaryl/α,β-unsaturated/α-hetero) is 1. The van der Waals surface area contributed by atoms with Crippen LogP contribution in [0.3, 0.4) is 0 Å². The van der Waals surface area contributed by atoms with Gasteiger partial charge in [-0.15, -0.1) is 0 Å². The zero-order valence-corrected chi connectivity index (χ0v) is 13.0. The van der Waals surface area contributed by atoms with E-state index in [1.54, 1.807) is 6.07 Å². The van der Waals surface area contributed by atoms with Gasteiger partial charge in [0.05, 0.1) is 16.6 Å². The molecule has 1 N–H and O–H groups in total. The summed E-state index contributed by atoms with van der Waals surface area (Å²) in [6.07, 6.45) is 0. The molecule has 0 aromatic heterocycles. The Morgan fingerprint density at radius 2 is 2.00 bits per heavy atom. The number of piperazine rings is 1. The quantitative estimate of drug-likeness (QED) is 0.852. The summed E-state index contributed by atoms with van der Waals surface area (Å²) < 4.78 is 0.446. The van der Waals surface area contributed by atoms with E-state index in [9.17, 15) is 9.90 Å². The Morgan fingerprint density at radius 3 is 2.63 bits per heavy atom. The van der Waals surface area contributed by atoms with E-state index in [1.165, 1.54) is 6.07 Å². The van der Waals surface area contributed by atoms with Crippen LogP contribution in [0.5, 0.6) is 5.75 Å². The number of phenolic OH excluding ortho intramolecular Hbond substituents is 1. The number of ketones is 1. The molecule has 104 valence electrons. The van der Waals surface area contributed by atoms with Crippen LogP contribution in [0.1, 0.15) is 10.4 Å². The van der Waals surface area contributed by atoms with Crippen LogP contribution >= 0.6 is 27.5 Å². The Bertz CT molecular complexity index is 488. The van der Waals surface area contributed by atoms with Crippen LogP contribution in [-0.4, -0.2) is 60.5 Å². The van der Waals surface area contributed by atoms with E-state index in [0.717, 1.165) is 26.2 Å². The molecule has 1 aliphatic heterocycles. The summed E-state index contributed by atoms with van der Waals surface area (Å²) >= 11 is 9.11. The summed E-state index contributed by atoms with van der Waals surface area (Å²) in [5.74, 6) is -0.145. The maximum absolute atomic E-state index is 12.2. The van der Waals surface area contributed by atoms with Gasteiger partial charge in [0.1, 0.15) is 5.75 Å². The van der Waals surface area contributed by atoms with Crippen LogP contribution in [0.2, 0.25) is 5.02 Å². The van der Waals surface area contributed by atoms with Gasteiger partial charge in [-0.3, -0.25) is 9.69 Å². The highest BCUT2D eigenvalue weighted by Gasteiger charge is 2.20. The second-order valence-corrected chi connectivity index (χ2v) is 6.08. The summed E-state index contributed by atoms with van der Waals surface area (Å²) in [6.45, 7) is 3.96. The van der Waals surface area contributed by atoms with E-state index in [-0.39, 0.29) is 17.1 Å². The Balaban J connectivity index is 2.08. The lowest BCUT2D eigenvalue weighted by molar-refractivity contribution is 0.0874. The maximum Gasteiger partial charge on any atom is 0.180 e. The van der Waals surface area contributed by atoms with Gasteiger partial charge in [0.2, 0.25) is 0 Å². The minimum atomic E-state index is -0.106. The van der Waals surface area contributed by atoms with Crippen molar-refractivity contribution in [1.82, 2.24) is 9.80 Å². The molecule has 4 nitrogen and oxygen atoms in total. The first-order valence-electron chi connectivity index (χ1n) is 6.09. The Hall–Kier alpha value is -0.620. The minimum absolute atomic E-state index is 0.0384. The van der Waals surface area contributed by atoms with E-state index in [0.29, 0.717) is 16.0 Å². The molecule has 0 radical (unpaired) electrons. The summed E-state index contributed by atoms with van der Waals surface area (Å²) in [6, 6.07) is 3.09. The van der Waals surface area contributed by atoms with Crippen LogP contribution in [-0.2, 0) is 0 Å². The van der Waals surface area contributed by atoms with Crippen LogP contribution in [0.15, 0.2) is 16.6 Å². The van der Waals surface area contributed by atoms with Gasteiger partial charge in [0, 0.05) is 31.2 Å². The number of hydrogen-bond donors (Lipinski definition) is 1. The van der Waals surface area contributed by atoms with Crippen molar-refractivity contribution in [3.63, 3.8) is 0 Å². The molecule has 0 atom stereocenters. The van der Waals surface area contributed by atoms with Gasteiger partial charge >= 0.3 is 0 Å². The standard InChI is InChI=1S/C13H16BrClN2O2/c1-16-2-4-17(5-3-16)8-12(18)10-6-9(15)7-11(14)13(10)19/h6-7,19H,2-5,8H2,1H3. The molecule has 1 aliphatic rings. The highest BCUT2D eigenvalue weighted by molar-refractivity contribution is 9.10. The smallest absolute Gasteiger partial charge is 0.180 e. The van der Waals surface area contributed by atoms with Gasteiger partial charge in [-0.1, -0.05) is 11.6 Å². The number of halogens is 2. The Kier molecular flexibility index (Phi) is 4.84. The summed E-state index contributed by atoms with van der Waals surface area (Å²) in [5, 5.41) is 10.3. The van der Waals surface area contributed by atoms with Crippen LogP contribution < -0.4 is 0 Å². The monoisotopic (exact) mass is 346 g/mol. The molecular formula is C13H16BrClN2O2. The molecule has 0 spiro atoms. The van der Waals surface area contributed by atoms with Gasteiger partial charge in [-0.05, 0) is 35.1 Å². The zero-order valence-electron chi connectivity index (χ0n) is 10.7. The van der Waals surface area contributed by atoms with Crippen molar-refractivity contribution in [2.75, 3.05) is 39.8 Å². The molecule has 6 heteroatoms. The summed E-state index contributed by atoms with van der Waals surface area (Å²) in [4.78, 5) is 16.5. The Labute approximate surface area is 126 Å². The molecule has 0 unspecified atom stereocenters.